The minimum absolute atomic E-state index is 0.0353. The minimum atomic E-state index is -0.948. The molecule has 15 heavy (non-hydrogen) atoms. The maximum Gasteiger partial charge on any atom is 0.307 e. The van der Waals surface area contributed by atoms with Crippen LogP contribution < -0.4 is 0 Å². The molecular weight excluding hydrogens is 348 g/mol. The van der Waals surface area contributed by atoms with E-state index >= 15 is 0 Å². The van der Waals surface area contributed by atoms with Crippen molar-refractivity contribution in [3.05, 3.63) is 20.8 Å². The van der Waals surface area contributed by atoms with Gasteiger partial charge >= 0.3 is 5.97 Å². The Morgan fingerprint density at radius 3 is 2.53 bits per heavy atom. The number of carboxylic acids is 1. The fraction of sp³-hybridized carbons (Fsp3) is 0.333. The molecule has 0 aliphatic heterocycles. The lowest BCUT2D eigenvalue weighted by Gasteiger charge is -2.05. The van der Waals surface area contributed by atoms with Crippen LogP contribution in [0.5, 0.6) is 0 Å². The van der Waals surface area contributed by atoms with Gasteiger partial charge in [-0.3, -0.25) is 9.59 Å². The molecule has 0 aromatic carbocycles. The number of hydrogen-bond donors (Lipinski definition) is 1. The molecule has 0 spiro atoms. The van der Waals surface area contributed by atoms with Gasteiger partial charge in [0.15, 0.2) is 5.78 Å². The first-order chi connectivity index (χ1) is 7.04. The summed E-state index contributed by atoms with van der Waals surface area (Å²) in [7, 11) is 0. The molecule has 82 valence electrons. The summed E-state index contributed by atoms with van der Waals surface area (Å²) < 4.78 is 0.872. The van der Waals surface area contributed by atoms with Crippen molar-refractivity contribution in [3.8, 4) is 0 Å². The van der Waals surface area contributed by atoms with E-state index in [4.69, 9.17) is 5.11 Å². The van der Waals surface area contributed by atoms with E-state index in [-0.39, 0.29) is 12.2 Å². The molecule has 0 saturated heterocycles. The number of Topliss-reactive ketones (excluding diaryl/α,β-unsaturated/α-hetero) is 1. The summed E-state index contributed by atoms with van der Waals surface area (Å²) in [5.41, 5.74) is 0. The van der Waals surface area contributed by atoms with Crippen LogP contribution in [-0.2, 0) is 4.79 Å². The first-order valence-corrected chi connectivity index (χ1v) is 6.85. The van der Waals surface area contributed by atoms with E-state index < -0.39 is 11.9 Å². The Morgan fingerprint density at radius 1 is 1.47 bits per heavy atom. The van der Waals surface area contributed by atoms with Gasteiger partial charge in [-0.15, -0.1) is 11.3 Å². The zero-order valence-corrected chi connectivity index (χ0v) is 11.6. The summed E-state index contributed by atoms with van der Waals surface area (Å²) in [5.74, 6) is -1.73. The molecule has 1 aromatic heterocycles. The standard InChI is InChI=1S/C9H8Br2O3S/c10-4-5(9(13)14)3-6(12)7-1-2-8(11)15-7/h1-2,5H,3-4H2,(H,13,14). The van der Waals surface area contributed by atoms with Crippen LogP contribution in [0.25, 0.3) is 0 Å². The summed E-state index contributed by atoms with van der Waals surface area (Å²) >= 11 is 7.66. The van der Waals surface area contributed by atoms with Crippen LogP contribution in [0.1, 0.15) is 16.1 Å². The number of thiophene rings is 1. The molecule has 0 fully saturated rings. The monoisotopic (exact) mass is 354 g/mol. The van der Waals surface area contributed by atoms with Gasteiger partial charge in [0.1, 0.15) is 0 Å². The van der Waals surface area contributed by atoms with Crippen molar-refractivity contribution in [1.82, 2.24) is 0 Å². The van der Waals surface area contributed by atoms with Crippen molar-refractivity contribution in [2.45, 2.75) is 6.42 Å². The Labute approximate surface area is 108 Å². The van der Waals surface area contributed by atoms with Gasteiger partial charge in [-0.05, 0) is 28.1 Å². The highest BCUT2D eigenvalue weighted by molar-refractivity contribution is 9.11. The maximum atomic E-state index is 11.6. The number of rotatable bonds is 5. The third-order valence-electron chi connectivity index (χ3n) is 1.82. The molecule has 0 aliphatic rings. The second-order valence-corrected chi connectivity index (χ2v) is 6.03. The van der Waals surface area contributed by atoms with Gasteiger partial charge in [0.05, 0.1) is 14.6 Å². The lowest BCUT2D eigenvalue weighted by Crippen LogP contribution is -2.18. The number of carbonyl (C=O) groups is 2. The van der Waals surface area contributed by atoms with Gasteiger partial charge in [-0.25, -0.2) is 0 Å². The predicted molar refractivity (Wildman–Crippen MR) is 65.9 cm³/mol. The number of hydrogen-bond acceptors (Lipinski definition) is 3. The smallest absolute Gasteiger partial charge is 0.307 e. The van der Waals surface area contributed by atoms with Gasteiger partial charge in [0.25, 0.3) is 0 Å². The molecule has 0 aliphatic carbocycles. The first-order valence-electron chi connectivity index (χ1n) is 4.12. The van der Waals surface area contributed by atoms with Crippen LogP contribution in [0.15, 0.2) is 15.9 Å². The Kier molecular flexibility index (Phi) is 4.95. The fourth-order valence-electron chi connectivity index (χ4n) is 0.996. The highest BCUT2D eigenvalue weighted by Crippen LogP contribution is 2.24. The maximum absolute atomic E-state index is 11.6. The van der Waals surface area contributed by atoms with Crippen LogP contribution in [-0.4, -0.2) is 22.2 Å². The predicted octanol–water partition coefficient (Wildman–Crippen LogP) is 3.18. The number of halogens is 2. The summed E-state index contributed by atoms with van der Waals surface area (Å²) in [6.45, 7) is 0. The molecule has 0 saturated carbocycles. The van der Waals surface area contributed by atoms with Crippen molar-refractivity contribution in [2.24, 2.45) is 5.92 Å². The van der Waals surface area contributed by atoms with E-state index in [0.29, 0.717) is 10.2 Å². The van der Waals surface area contributed by atoms with Crippen molar-refractivity contribution in [2.75, 3.05) is 5.33 Å². The molecule has 1 rings (SSSR count). The Hall–Kier alpha value is -0.200. The Bertz CT molecular complexity index is 375. The molecule has 0 bridgehead atoms. The largest absolute Gasteiger partial charge is 0.481 e. The van der Waals surface area contributed by atoms with Gasteiger partial charge in [-0.1, -0.05) is 15.9 Å². The van der Waals surface area contributed by atoms with Crippen LogP contribution in [0.4, 0.5) is 0 Å². The van der Waals surface area contributed by atoms with Gasteiger partial charge in [-0.2, -0.15) is 0 Å². The van der Waals surface area contributed by atoms with E-state index in [0.717, 1.165) is 3.79 Å². The lowest BCUT2D eigenvalue weighted by atomic mass is 10.0. The van der Waals surface area contributed by atoms with E-state index in [9.17, 15) is 9.59 Å². The number of alkyl halides is 1. The molecule has 0 amide bonds. The zero-order valence-electron chi connectivity index (χ0n) is 7.57. The van der Waals surface area contributed by atoms with E-state index in [1.54, 1.807) is 12.1 Å². The number of carbonyl (C=O) groups excluding carboxylic acids is 1. The van der Waals surface area contributed by atoms with E-state index in [1.165, 1.54) is 11.3 Å². The molecule has 1 N–H and O–H groups in total. The SMILES string of the molecule is O=C(CC(CBr)C(=O)O)c1ccc(Br)s1. The number of ketones is 1. The molecule has 1 aromatic rings. The van der Waals surface area contributed by atoms with E-state index in [2.05, 4.69) is 31.9 Å². The summed E-state index contributed by atoms with van der Waals surface area (Å²) in [6.07, 6.45) is 0.0353. The van der Waals surface area contributed by atoms with E-state index in [1.807, 2.05) is 0 Å². The summed E-state index contributed by atoms with van der Waals surface area (Å²) in [5, 5.41) is 9.08. The second kappa shape index (κ2) is 5.77. The lowest BCUT2D eigenvalue weighted by molar-refractivity contribution is -0.140. The summed E-state index contributed by atoms with van der Waals surface area (Å²) in [6, 6.07) is 3.48. The third-order valence-corrected chi connectivity index (χ3v) is 4.26. The van der Waals surface area contributed by atoms with Crippen LogP contribution in [0.2, 0.25) is 0 Å². The van der Waals surface area contributed by atoms with Crippen LogP contribution in [0, 0.1) is 5.92 Å². The average Bonchev–Trinajstić information content (AvgIpc) is 2.60. The second-order valence-electron chi connectivity index (χ2n) is 2.92. The normalized spacial score (nSPS) is 12.4. The summed E-state index contributed by atoms with van der Waals surface area (Å²) in [4.78, 5) is 22.9. The molecule has 1 heterocycles. The highest BCUT2D eigenvalue weighted by Gasteiger charge is 2.21. The van der Waals surface area contributed by atoms with Crippen LogP contribution in [0.3, 0.4) is 0 Å². The molecular formula is C9H8Br2O3S. The third kappa shape index (κ3) is 3.70. The fourth-order valence-corrected chi connectivity index (χ4v) is 2.84. The van der Waals surface area contributed by atoms with Crippen molar-refractivity contribution in [1.29, 1.82) is 0 Å². The molecule has 0 radical (unpaired) electrons. The van der Waals surface area contributed by atoms with Gasteiger partial charge in [0.2, 0.25) is 0 Å². The molecule has 1 atom stereocenters. The quantitative estimate of drug-likeness (QED) is 0.651. The average molecular weight is 356 g/mol. The van der Waals surface area contributed by atoms with Gasteiger partial charge in [0, 0.05) is 11.8 Å². The molecule has 6 heteroatoms. The van der Waals surface area contributed by atoms with Crippen LogP contribution >= 0.6 is 43.2 Å². The minimum Gasteiger partial charge on any atom is -0.481 e. The number of aliphatic carboxylic acids is 1. The highest BCUT2D eigenvalue weighted by atomic mass is 79.9. The first kappa shape index (κ1) is 12.9. The number of carboxylic acid groups (broad SMARTS) is 1. The Balaban J connectivity index is 2.66. The van der Waals surface area contributed by atoms with Crippen molar-refractivity contribution < 1.29 is 14.7 Å². The van der Waals surface area contributed by atoms with Gasteiger partial charge < -0.3 is 5.11 Å². The molecule has 3 nitrogen and oxygen atoms in total. The van der Waals surface area contributed by atoms with Crippen molar-refractivity contribution in [3.63, 3.8) is 0 Å². The zero-order chi connectivity index (χ0) is 11.4. The Morgan fingerprint density at radius 2 is 2.13 bits per heavy atom. The topological polar surface area (TPSA) is 54.4 Å². The van der Waals surface area contributed by atoms with Crippen molar-refractivity contribution >= 4 is 54.9 Å². The molecule has 1 unspecified atom stereocenters.